The second-order valence-electron chi connectivity index (χ2n) is 4.28. The van der Waals surface area contributed by atoms with Gasteiger partial charge >= 0.3 is 13.3 Å². The Morgan fingerprint density at radius 1 is 1.31 bits per heavy atom. The van der Waals surface area contributed by atoms with Crippen molar-refractivity contribution in [3.8, 4) is 0 Å². The van der Waals surface area contributed by atoms with Crippen LogP contribution in [0.2, 0.25) is 13.1 Å². The van der Waals surface area contributed by atoms with E-state index in [-0.39, 0.29) is 0 Å². The summed E-state index contributed by atoms with van der Waals surface area (Å²) in [7, 11) is -3.47. The molecule has 0 aliphatic carbocycles. The largest absolute Gasteiger partial charge is 0.480 e. The topological polar surface area (TPSA) is 29.5 Å². The molecule has 7 heteroatoms. The molecule has 2 rings (SSSR count). The van der Waals surface area contributed by atoms with Crippen LogP contribution >= 0.6 is 0 Å². The Hall–Kier alpha value is -0.788. The van der Waals surface area contributed by atoms with Crippen LogP contribution < -0.4 is 10.6 Å². The Balaban J connectivity index is 2.55. The van der Waals surface area contributed by atoms with Gasteiger partial charge in [-0.2, -0.15) is 13.2 Å². The molecule has 0 spiro atoms. The Labute approximate surface area is 92.3 Å². The first-order chi connectivity index (χ1) is 7.22. The van der Waals surface area contributed by atoms with Crippen molar-refractivity contribution in [3.05, 3.63) is 23.8 Å². The molecule has 2 nitrogen and oxygen atoms in total. The fourth-order valence-electron chi connectivity index (χ4n) is 1.88. The van der Waals surface area contributed by atoms with Crippen LogP contribution in [-0.2, 0) is 10.5 Å². The number of rotatable bonds is 0. The lowest BCUT2D eigenvalue weighted by molar-refractivity contribution is -0.137. The van der Waals surface area contributed by atoms with E-state index in [1.54, 1.807) is 13.1 Å². The molecular weight excluding hydrogens is 236 g/mol. The van der Waals surface area contributed by atoms with Crippen molar-refractivity contribution in [3.63, 3.8) is 0 Å². The quantitative estimate of drug-likeness (QED) is 0.687. The molecule has 86 valence electrons. The third-order valence-electron chi connectivity index (χ3n) is 2.70. The third-order valence-corrected chi connectivity index (χ3v) is 5.24. The zero-order valence-corrected chi connectivity index (χ0v) is 9.80. The molecular formula is C9H10BF3O2Si. The second kappa shape index (κ2) is 3.35. The standard InChI is InChI=1S/C9H10BF3O2Si/c1-16(2)8-5-6(9(11,12)13)3-4-7(8)10(14)15-16/h3-5,14H,1-2H3. The first-order valence-electron chi connectivity index (χ1n) is 4.79. The maximum Gasteiger partial charge on any atom is 0.480 e. The van der Waals surface area contributed by atoms with Crippen LogP contribution in [-0.4, -0.2) is 20.5 Å². The highest BCUT2D eigenvalue weighted by Crippen LogP contribution is 2.29. The van der Waals surface area contributed by atoms with Crippen LogP contribution in [0, 0.1) is 0 Å². The number of fused-ring (bicyclic) bond motifs is 1. The van der Waals surface area contributed by atoms with Gasteiger partial charge in [0.05, 0.1) is 5.56 Å². The van der Waals surface area contributed by atoms with E-state index in [9.17, 15) is 18.2 Å². The summed E-state index contributed by atoms with van der Waals surface area (Å²) in [5, 5.41) is 10.1. The highest BCUT2D eigenvalue weighted by atomic mass is 28.4. The summed E-state index contributed by atoms with van der Waals surface area (Å²) in [6.07, 6.45) is -4.35. The summed E-state index contributed by atoms with van der Waals surface area (Å²) in [4.78, 5) is 0. The van der Waals surface area contributed by atoms with Crippen molar-refractivity contribution in [2.45, 2.75) is 19.3 Å². The van der Waals surface area contributed by atoms with Crippen molar-refractivity contribution in [1.82, 2.24) is 0 Å². The number of hydrogen-bond donors (Lipinski definition) is 1. The van der Waals surface area contributed by atoms with Crippen molar-refractivity contribution in [2.75, 3.05) is 0 Å². The van der Waals surface area contributed by atoms with E-state index < -0.39 is 27.2 Å². The molecule has 0 bridgehead atoms. The third kappa shape index (κ3) is 1.79. The molecule has 1 aliphatic heterocycles. The lowest BCUT2D eigenvalue weighted by Crippen LogP contribution is -2.43. The lowest BCUT2D eigenvalue weighted by Gasteiger charge is -2.17. The molecule has 0 fully saturated rings. The van der Waals surface area contributed by atoms with E-state index >= 15 is 0 Å². The highest BCUT2D eigenvalue weighted by Gasteiger charge is 2.44. The first-order valence-corrected chi connectivity index (χ1v) is 7.70. The first kappa shape index (κ1) is 11.7. The zero-order valence-electron chi connectivity index (χ0n) is 8.80. The van der Waals surface area contributed by atoms with E-state index in [4.69, 9.17) is 4.34 Å². The molecule has 1 aliphatic rings. The average Bonchev–Trinajstić information content (AvgIpc) is 2.36. The minimum atomic E-state index is -4.35. The van der Waals surface area contributed by atoms with Crippen LogP contribution in [0.15, 0.2) is 18.2 Å². The zero-order chi connectivity index (χ0) is 12.1. The molecule has 1 N–H and O–H groups in total. The van der Waals surface area contributed by atoms with Gasteiger partial charge < -0.3 is 9.37 Å². The molecule has 1 aromatic carbocycles. The minimum Gasteiger partial charge on any atom is -0.446 e. The van der Waals surface area contributed by atoms with Crippen molar-refractivity contribution in [1.29, 1.82) is 0 Å². The van der Waals surface area contributed by atoms with Crippen LogP contribution in [0.3, 0.4) is 0 Å². The predicted octanol–water partition coefficient (Wildman–Crippen LogP) is 0.835. The predicted molar refractivity (Wildman–Crippen MR) is 57.3 cm³/mol. The summed E-state index contributed by atoms with van der Waals surface area (Å²) < 4.78 is 42.9. The van der Waals surface area contributed by atoms with Crippen LogP contribution in [0.5, 0.6) is 0 Å². The molecule has 0 saturated carbocycles. The summed E-state index contributed by atoms with van der Waals surface area (Å²) in [5.41, 5.74) is -0.228. The Bertz CT molecular complexity index is 433. The van der Waals surface area contributed by atoms with Gasteiger partial charge in [0, 0.05) is 0 Å². The number of halogens is 3. The van der Waals surface area contributed by atoms with Gasteiger partial charge in [-0.25, -0.2) is 0 Å². The Morgan fingerprint density at radius 2 is 1.94 bits per heavy atom. The maximum absolute atomic E-state index is 12.5. The van der Waals surface area contributed by atoms with E-state index in [1.165, 1.54) is 6.07 Å². The van der Waals surface area contributed by atoms with Gasteiger partial charge in [-0.3, -0.25) is 0 Å². The summed E-state index contributed by atoms with van der Waals surface area (Å²) in [5.74, 6) is 0. The number of benzene rings is 1. The maximum atomic E-state index is 12.5. The van der Waals surface area contributed by atoms with E-state index in [0.29, 0.717) is 10.6 Å². The van der Waals surface area contributed by atoms with Gasteiger partial charge in [0.15, 0.2) is 0 Å². The molecule has 0 amide bonds. The summed E-state index contributed by atoms with van der Waals surface area (Å²) >= 11 is 0. The van der Waals surface area contributed by atoms with E-state index in [0.717, 1.165) is 12.1 Å². The van der Waals surface area contributed by atoms with Crippen LogP contribution in [0.1, 0.15) is 5.56 Å². The molecule has 0 unspecified atom stereocenters. The number of hydrogen-bond acceptors (Lipinski definition) is 2. The SMILES string of the molecule is C[Si]1(C)OB(O)c2ccc(C(F)(F)F)cc21. The van der Waals surface area contributed by atoms with Crippen molar-refractivity contribution in [2.24, 2.45) is 0 Å². The fourth-order valence-corrected chi connectivity index (χ4v) is 4.09. The fraction of sp³-hybridized carbons (Fsp3) is 0.333. The van der Waals surface area contributed by atoms with Crippen LogP contribution in [0.25, 0.3) is 0 Å². The van der Waals surface area contributed by atoms with Gasteiger partial charge in [0.25, 0.3) is 0 Å². The minimum absolute atomic E-state index is 0.463. The monoisotopic (exact) mass is 246 g/mol. The summed E-state index contributed by atoms with van der Waals surface area (Å²) in [6, 6.07) is 3.36. The molecule has 0 atom stereocenters. The smallest absolute Gasteiger partial charge is 0.446 e. The van der Waals surface area contributed by atoms with E-state index in [2.05, 4.69) is 0 Å². The normalized spacial score (nSPS) is 18.8. The van der Waals surface area contributed by atoms with Gasteiger partial charge in [-0.1, -0.05) is 12.1 Å². The Kier molecular flexibility index (Phi) is 2.45. The van der Waals surface area contributed by atoms with Gasteiger partial charge in [-0.05, 0) is 29.8 Å². The van der Waals surface area contributed by atoms with Crippen LogP contribution in [0.4, 0.5) is 13.2 Å². The average molecular weight is 246 g/mol. The number of alkyl halides is 3. The molecule has 16 heavy (non-hydrogen) atoms. The van der Waals surface area contributed by atoms with Gasteiger partial charge in [0.2, 0.25) is 8.32 Å². The Morgan fingerprint density at radius 3 is 2.50 bits per heavy atom. The highest BCUT2D eigenvalue weighted by molar-refractivity contribution is 6.97. The molecule has 0 radical (unpaired) electrons. The van der Waals surface area contributed by atoms with E-state index in [1.807, 2.05) is 0 Å². The summed E-state index contributed by atoms with van der Waals surface area (Å²) in [6.45, 7) is 3.53. The molecule has 0 saturated heterocycles. The van der Waals surface area contributed by atoms with Crippen molar-refractivity contribution < 1.29 is 22.5 Å². The molecule has 1 heterocycles. The second-order valence-corrected chi connectivity index (χ2v) is 8.08. The van der Waals surface area contributed by atoms with Gasteiger partial charge in [-0.15, -0.1) is 0 Å². The van der Waals surface area contributed by atoms with Crippen molar-refractivity contribution >= 4 is 26.1 Å². The lowest BCUT2D eigenvalue weighted by atomic mass is 9.80. The van der Waals surface area contributed by atoms with Gasteiger partial charge in [0.1, 0.15) is 0 Å². The molecule has 1 aromatic rings. The molecule has 0 aromatic heterocycles.